The first-order valence-electron chi connectivity index (χ1n) is 19.7. The number of aryl methyl sites for hydroxylation is 1. The number of hydrogen-bond donors (Lipinski definition) is 1. The molecule has 53 heavy (non-hydrogen) atoms. The van der Waals surface area contributed by atoms with E-state index in [-0.39, 0.29) is 5.41 Å². The standard InChI is InChI=1S/C51H41NO/c1-30-9-2-3-10-37(30)40-12-5-7-16-46(40)52-47-20-22-49-50-41(13-8-14-42(47)50)43-28-33(18-21-48(43)53-49)34-17-19-39-38-11-4-6-15-44(38)51(45(39)29-34)35-24-31-23-32(26-35)27-36(51)25-31/h2-22,28-29,31-32,35-36,52H,23-27H2,1H3. The summed E-state index contributed by atoms with van der Waals surface area (Å²) < 4.78 is 6.70. The number of ether oxygens (including phenoxy) is 1. The molecular formula is C51H41NO. The van der Waals surface area contributed by atoms with Gasteiger partial charge in [0.05, 0.1) is 0 Å². The molecule has 1 aliphatic heterocycles. The Morgan fingerprint density at radius 1 is 0.491 bits per heavy atom. The Morgan fingerprint density at radius 2 is 1.15 bits per heavy atom. The number of nitrogens with one attached hydrogen (secondary N) is 1. The van der Waals surface area contributed by atoms with Crippen molar-refractivity contribution in [3.63, 3.8) is 0 Å². The molecule has 4 fully saturated rings. The van der Waals surface area contributed by atoms with E-state index in [0.29, 0.717) is 0 Å². The van der Waals surface area contributed by atoms with E-state index in [0.717, 1.165) is 62.9 Å². The zero-order chi connectivity index (χ0) is 34.8. The minimum Gasteiger partial charge on any atom is -0.456 e. The lowest BCUT2D eigenvalue weighted by Crippen LogP contribution is -2.55. The van der Waals surface area contributed by atoms with Crippen molar-refractivity contribution in [2.24, 2.45) is 23.7 Å². The minimum atomic E-state index is 0.165. The molecule has 5 aliphatic carbocycles. The Morgan fingerprint density at radius 3 is 1.98 bits per heavy atom. The molecule has 2 heteroatoms. The largest absolute Gasteiger partial charge is 0.456 e. The minimum absolute atomic E-state index is 0.165. The van der Waals surface area contributed by atoms with Gasteiger partial charge in [0.25, 0.3) is 0 Å². The van der Waals surface area contributed by atoms with Gasteiger partial charge in [-0.2, -0.15) is 0 Å². The highest BCUT2D eigenvalue weighted by Crippen LogP contribution is 2.69. The van der Waals surface area contributed by atoms with Crippen molar-refractivity contribution in [3.05, 3.63) is 156 Å². The van der Waals surface area contributed by atoms with Gasteiger partial charge in [-0.1, -0.05) is 103 Å². The third-order valence-electron chi connectivity index (χ3n) is 14.0. The van der Waals surface area contributed by atoms with Crippen LogP contribution in [0.15, 0.2) is 140 Å². The van der Waals surface area contributed by atoms with Crippen molar-refractivity contribution < 1.29 is 4.74 Å². The lowest BCUT2D eigenvalue weighted by atomic mass is 9.43. The highest BCUT2D eigenvalue weighted by molar-refractivity contribution is 6.10. The molecule has 1 heterocycles. The number of benzene rings is 7. The van der Waals surface area contributed by atoms with Gasteiger partial charge < -0.3 is 10.1 Å². The van der Waals surface area contributed by atoms with Gasteiger partial charge in [0.2, 0.25) is 0 Å². The van der Waals surface area contributed by atoms with Crippen LogP contribution in [0, 0.1) is 30.6 Å². The van der Waals surface area contributed by atoms with Crippen molar-refractivity contribution in [2.45, 2.75) is 44.4 Å². The van der Waals surface area contributed by atoms with E-state index in [4.69, 9.17) is 4.74 Å². The first-order chi connectivity index (χ1) is 26.1. The summed E-state index contributed by atoms with van der Waals surface area (Å²) in [6.07, 6.45) is 7.08. The fourth-order valence-corrected chi connectivity index (χ4v) is 12.1. The summed E-state index contributed by atoms with van der Waals surface area (Å²) in [6.45, 7) is 2.18. The average Bonchev–Trinajstić information content (AvgIpc) is 3.48. The van der Waals surface area contributed by atoms with E-state index in [1.165, 1.54) is 76.6 Å². The summed E-state index contributed by atoms with van der Waals surface area (Å²) in [5, 5.41) is 6.15. The summed E-state index contributed by atoms with van der Waals surface area (Å²) in [4.78, 5) is 0. The molecule has 256 valence electrons. The maximum atomic E-state index is 6.70. The second-order valence-corrected chi connectivity index (χ2v) is 16.6. The van der Waals surface area contributed by atoms with Crippen LogP contribution in [0.3, 0.4) is 0 Å². The lowest BCUT2D eigenvalue weighted by molar-refractivity contribution is -0.0399. The summed E-state index contributed by atoms with van der Waals surface area (Å²) in [5.41, 5.74) is 17.2. The summed E-state index contributed by atoms with van der Waals surface area (Å²) in [6, 6.07) is 51.9. The molecule has 0 saturated heterocycles. The number of hydrogen-bond acceptors (Lipinski definition) is 2. The number of rotatable bonds is 4. The second-order valence-electron chi connectivity index (χ2n) is 16.6. The molecule has 0 atom stereocenters. The molecule has 0 radical (unpaired) electrons. The second kappa shape index (κ2) is 11.0. The van der Waals surface area contributed by atoms with Gasteiger partial charge in [-0.15, -0.1) is 0 Å². The molecule has 4 saturated carbocycles. The van der Waals surface area contributed by atoms with Crippen molar-refractivity contribution in [1.82, 2.24) is 0 Å². The molecule has 0 unspecified atom stereocenters. The Balaban J connectivity index is 0.962. The van der Waals surface area contributed by atoms with Crippen LogP contribution in [0.5, 0.6) is 11.5 Å². The summed E-state index contributed by atoms with van der Waals surface area (Å²) >= 11 is 0. The van der Waals surface area contributed by atoms with Crippen LogP contribution < -0.4 is 10.1 Å². The van der Waals surface area contributed by atoms with E-state index in [1.807, 2.05) is 0 Å². The van der Waals surface area contributed by atoms with E-state index in [9.17, 15) is 0 Å². The van der Waals surface area contributed by atoms with Crippen molar-refractivity contribution in [3.8, 4) is 56.0 Å². The molecule has 7 aromatic rings. The lowest BCUT2D eigenvalue weighted by Gasteiger charge is -2.61. The van der Waals surface area contributed by atoms with Crippen LogP contribution in [0.2, 0.25) is 0 Å². The molecule has 13 rings (SSSR count). The molecule has 0 aromatic heterocycles. The van der Waals surface area contributed by atoms with Crippen molar-refractivity contribution in [1.29, 1.82) is 0 Å². The summed E-state index contributed by atoms with van der Waals surface area (Å²) in [7, 11) is 0. The van der Waals surface area contributed by atoms with E-state index < -0.39 is 0 Å². The maximum Gasteiger partial charge on any atom is 0.136 e. The van der Waals surface area contributed by atoms with E-state index >= 15 is 0 Å². The third kappa shape index (κ3) is 4.15. The van der Waals surface area contributed by atoms with Crippen LogP contribution >= 0.6 is 0 Å². The van der Waals surface area contributed by atoms with Crippen LogP contribution in [0.4, 0.5) is 11.4 Å². The van der Waals surface area contributed by atoms with Crippen molar-refractivity contribution >= 4 is 22.1 Å². The zero-order valence-electron chi connectivity index (χ0n) is 30.0. The molecule has 1 spiro atoms. The Labute approximate surface area is 311 Å². The molecule has 1 N–H and O–H groups in total. The molecule has 2 nitrogen and oxygen atoms in total. The maximum absolute atomic E-state index is 6.70. The monoisotopic (exact) mass is 683 g/mol. The predicted octanol–water partition coefficient (Wildman–Crippen LogP) is 13.7. The van der Waals surface area contributed by atoms with Gasteiger partial charge in [-0.3, -0.25) is 0 Å². The number of para-hydroxylation sites is 1. The Kier molecular flexibility index (Phi) is 6.19. The summed E-state index contributed by atoms with van der Waals surface area (Å²) in [5.74, 6) is 5.22. The normalized spacial score (nSPS) is 23.8. The molecular weight excluding hydrogens is 643 g/mol. The first-order valence-corrected chi connectivity index (χ1v) is 19.7. The predicted molar refractivity (Wildman–Crippen MR) is 218 cm³/mol. The molecule has 7 aromatic carbocycles. The zero-order valence-corrected chi connectivity index (χ0v) is 30.0. The van der Waals surface area contributed by atoms with E-state index in [2.05, 4.69) is 152 Å². The van der Waals surface area contributed by atoms with Gasteiger partial charge in [0.1, 0.15) is 11.5 Å². The van der Waals surface area contributed by atoms with Crippen LogP contribution in [0.25, 0.3) is 55.3 Å². The SMILES string of the molecule is Cc1ccccc1-c1ccccc1Nc1ccc2c3c(cccc13)-c1cc(-c3ccc4c(c3)C3(c5ccccc5-4)C4CC5CC(C4)CC3C5)ccc1O2. The smallest absolute Gasteiger partial charge is 0.136 e. The average molecular weight is 684 g/mol. The molecule has 4 bridgehead atoms. The quantitative estimate of drug-likeness (QED) is 0.199. The van der Waals surface area contributed by atoms with Crippen molar-refractivity contribution in [2.75, 3.05) is 5.32 Å². The van der Waals surface area contributed by atoms with Crippen LogP contribution in [0.1, 0.15) is 48.8 Å². The van der Waals surface area contributed by atoms with Gasteiger partial charge >= 0.3 is 0 Å². The first kappa shape index (κ1) is 29.9. The third-order valence-corrected chi connectivity index (χ3v) is 14.0. The van der Waals surface area contributed by atoms with Crippen LogP contribution in [-0.4, -0.2) is 0 Å². The van der Waals surface area contributed by atoms with Gasteiger partial charge in [0, 0.05) is 38.7 Å². The number of anilines is 2. The topological polar surface area (TPSA) is 21.3 Å². The molecule has 0 amide bonds. The van der Waals surface area contributed by atoms with Crippen LogP contribution in [-0.2, 0) is 5.41 Å². The Hall–Kier alpha value is -5.60. The van der Waals surface area contributed by atoms with E-state index in [1.54, 1.807) is 11.1 Å². The number of fused-ring (bicyclic) bond motifs is 5. The van der Waals surface area contributed by atoms with Gasteiger partial charge in [-0.05, 0) is 149 Å². The van der Waals surface area contributed by atoms with Gasteiger partial charge in [-0.25, -0.2) is 0 Å². The fourth-order valence-electron chi connectivity index (χ4n) is 12.1. The Bertz CT molecular complexity index is 2640. The highest BCUT2D eigenvalue weighted by Gasteiger charge is 2.61. The highest BCUT2D eigenvalue weighted by atomic mass is 16.5. The fraction of sp³-hybridized carbons (Fsp3) is 0.216. The van der Waals surface area contributed by atoms with Gasteiger partial charge in [0.15, 0.2) is 0 Å². The molecule has 6 aliphatic rings.